The molecule has 20 heavy (non-hydrogen) atoms. The van der Waals surface area contributed by atoms with Crippen LogP contribution in [0.25, 0.3) is 6.08 Å². The van der Waals surface area contributed by atoms with Gasteiger partial charge in [-0.05, 0) is 55.2 Å². The molecular weight excluding hydrogens is 246 g/mol. The van der Waals surface area contributed by atoms with E-state index in [1.54, 1.807) is 12.1 Å². The monoisotopic (exact) mass is 265 g/mol. The number of rotatable bonds is 3. The molecule has 0 aromatic heterocycles. The lowest BCUT2D eigenvalue weighted by atomic mass is 10.1. The second-order valence-corrected chi connectivity index (χ2v) is 4.99. The number of hydrogen-bond donors (Lipinski definition) is 1. The first-order valence-electron chi connectivity index (χ1n) is 6.64. The maximum Gasteiger partial charge on any atom is 0.116 e. The van der Waals surface area contributed by atoms with Crippen LogP contribution in [0.1, 0.15) is 23.6 Å². The molecule has 0 atom stereocenters. The van der Waals surface area contributed by atoms with E-state index >= 15 is 0 Å². The van der Waals surface area contributed by atoms with E-state index in [1.807, 2.05) is 45.2 Å². The number of benzene rings is 2. The highest BCUT2D eigenvalue weighted by Crippen LogP contribution is 2.27. The molecule has 2 aromatic carbocycles. The molecule has 2 nitrogen and oxygen atoms in total. The lowest BCUT2D eigenvalue weighted by Crippen LogP contribution is -1.83. The van der Waals surface area contributed by atoms with Gasteiger partial charge in [-0.15, -0.1) is 0 Å². The summed E-state index contributed by atoms with van der Waals surface area (Å²) in [5.74, 6) is 0.287. The molecule has 2 aromatic rings. The molecule has 102 valence electrons. The molecule has 0 spiro atoms. The molecule has 0 amide bonds. The summed E-state index contributed by atoms with van der Waals surface area (Å²) in [7, 11) is 0. The van der Waals surface area contributed by atoms with Crippen molar-refractivity contribution in [1.82, 2.24) is 0 Å². The van der Waals surface area contributed by atoms with Crippen LogP contribution >= 0.6 is 0 Å². The Kier molecular flexibility index (Phi) is 4.36. The zero-order chi connectivity index (χ0) is 14.5. The Hall–Kier alpha value is -2.35. The zero-order valence-corrected chi connectivity index (χ0v) is 12.1. The number of aromatic hydroxyl groups is 1. The fraction of sp³-hybridized carbons (Fsp3) is 0.167. The van der Waals surface area contributed by atoms with E-state index in [0.717, 1.165) is 28.0 Å². The smallest absolute Gasteiger partial charge is 0.116 e. The van der Waals surface area contributed by atoms with Gasteiger partial charge in [-0.3, -0.25) is 4.99 Å². The van der Waals surface area contributed by atoms with Gasteiger partial charge in [0.25, 0.3) is 0 Å². The zero-order valence-electron chi connectivity index (χ0n) is 12.1. The number of phenols is 1. The van der Waals surface area contributed by atoms with Gasteiger partial charge >= 0.3 is 0 Å². The molecule has 2 heteroatoms. The van der Waals surface area contributed by atoms with Gasteiger partial charge < -0.3 is 5.11 Å². The van der Waals surface area contributed by atoms with Crippen molar-refractivity contribution in [2.75, 3.05) is 0 Å². The van der Waals surface area contributed by atoms with Crippen LogP contribution in [0.4, 0.5) is 5.69 Å². The largest absolute Gasteiger partial charge is 0.508 e. The van der Waals surface area contributed by atoms with Crippen molar-refractivity contribution in [3.8, 4) is 5.75 Å². The third-order valence-electron chi connectivity index (χ3n) is 3.07. The quantitative estimate of drug-likeness (QED) is 0.793. The van der Waals surface area contributed by atoms with Crippen LogP contribution in [0, 0.1) is 13.8 Å². The summed E-state index contributed by atoms with van der Waals surface area (Å²) in [5.41, 5.74) is 5.12. The molecule has 0 saturated carbocycles. The Morgan fingerprint density at radius 1 is 1.05 bits per heavy atom. The maximum atomic E-state index is 9.53. The third kappa shape index (κ3) is 3.58. The summed E-state index contributed by atoms with van der Waals surface area (Å²) < 4.78 is 0. The van der Waals surface area contributed by atoms with Crippen LogP contribution < -0.4 is 0 Å². The number of phenolic OH excluding ortho intramolecular Hbond substituents is 1. The number of aliphatic imine (C=N–C) groups is 1. The molecule has 0 radical (unpaired) electrons. The Labute approximate surface area is 120 Å². The first-order valence-corrected chi connectivity index (χ1v) is 6.64. The van der Waals surface area contributed by atoms with Gasteiger partial charge in [0.15, 0.2) is 0 Å². The van der Waals surface area contributed by atoms with Crippen molar-refractivity contribution in [1.29, 1.82) is 0 Å². The third-order valence-corrected chi connectivity index (χ3v) is 3.07. The number of nitrogens with zero attached hydrogens (tertiary/aromatic N) is 1. The van der Waals surface area contributed by atoms with Gasteiger partial charge in [-0.1, -0.05) is 36.4 Å². The van der Waals surface area contributed by atoms with E-state index in [0.29, 0.717) is 0 Å². The normalized spacial score (nSPS) is 12.1. The van der Waals surface area contributed by atoms with Crippen LogP contribution in [-0.4, -0.2) is 11.3 Å². The Morgan fingerprint density at radius 3 is 2.25 bits per heavy atom. The number of allylic oxidation sites excluding steroid dienone is 1. The lowest BCUT2D eigenvalue weighted by Gasteiger charge is -2.05. The molecule has 2 rings (SSSR count). The van der Waals surface area contributed by atoms with Gasteiger partial charge in [0, 0.05) is 6.21 Å². The Balaban J connectivity index is 2.24. The number of aryl methyl sites for hydroxylation is 2. The molecule has 0 saturated heterocycles. The van der Waals surface area contributed by atoms with Gasteiger partial charge in [0.2, 0.25) is 0 Å². The summed E-state index contributed by atoms with van der Waals surface area (Å²) in [6, 6.07) is 13.6. The highest BCUT2D eigenvalue weighted by Gasteiger charge is 2.02. The fourth-order valence-electron chi connectivity index (χ4n) is 2.15. The molecule has 0 bridgehead atoms. The minimum Gasteiger partial charge on any atom is -0.508 e. The van der Waals surface area contributed by atoms with E-state index in [4.69, 9.17) is 0 Å². The van der Waals surface area contributed by atoms with E-state index in [1.165, 1.54) is 0 Å². The maximum absolute atomic E-state index is 9.53. The summed E-state index contributed by atoms with van der Waals surface area (Å²) in [4.78, 5) is 4.54. The van der Waals surface area contributed by atoms with Crippen LogP contribution in [0.5, 0.6) is 5.75 Å². The lowest BCUT2D eigenvalue weighted by molar-refractivity contribution is 0.474. The van der Waals surface area contributed by atoms with Gasteiger partial charge in [-0.25, -0.2) is 0 Å². The molecule has 0 fully saturated rings. The van der Waals surface area contributed by atoms with Crippen molar-refractivity contribution < 1.29 is 5.11 Å². The summed E-state index contributed by atoms with van der Waals surface area (Å²) >= 11 is 0. The predicted molar refractivity (Wildman–Crippen MR) is 85.8 cm³/mol. The Morgan fingerprint density at radius 2 is 1.65 bits per heavy atom. The van der Waals surface area contributed by atoms with Crippen molar-refractivity contribution >= 4 is 18.0 Å². The molecule has 0 aliphatic heterocycles. The fourth-order valence-corrected chi connectivity index (χ4v) is 2.15. The second-order valence-electron chi connectivity index (χ2n) is 4.99. The van der Waals surface area contributed by atoms with Gasteiger partial charge in [0.05, 0.1) is 5.69 Å². The summed E-state index contributed by atoms with van der Waals surface area (Å²) in [5, 5.41) is 9.53. The van der Waals surface area contributed by atoms with E-state index < -0.39 is 0 Å². The average Bonchev–Trinajstić information content (AvgIpc) is 2.38. The van der Waals surface area contributed by atoms with Gasteiger partial charge in [-0.2, -0.15) is 0 Å². The van der Waals surface area contributed by atoms with Crippen molar-refractivity contribution in [3.63, 3.8) is 0 Å². The SMILES string of the molecule is C/C(C=Nc1c(C)cc(O)cc1C)=C\c1ccccc1. The second kappa shape index (κ2) is 6.20. The first kappa shape index (κ1) is 14.1. The van der Waals surface area contributed by atoms with Crippen LogP contribution in [0.15, 0.2) is 53.0 Å². The molecule has 0 heterocycles. The molecule has 0 aliphatic rings. The van der Waals surface area contributed by atoms with E-state index in [-0.39, 0.29) is 5.75 Å². The van der Waals surface area contributed by atoms with Crippen LogP contribution in [0.3, 0.4) is 0 Å². The topological polar surface area (TPSA) is 32.6 Å². The Bertz CT molecular complexity index is 631. The summed E-state index contributed by atoms with van der Waals surface area (Å²) in [6.07, 6.45) is 3.95. The first-order chi connectivity index (χ1) is 9.56. The highest BCUT2D eigenvalue weighted by molar-refractivity contribution is 5.87. The van der Waals surface area contributed by atoms with E-state index in [9.17, 15) is 5.11 Å². The number of hydrogen-bond acceptors (Lipinski definition) is 2. The standard InChI is InChI=1S/C18H19NO/c1-13(9-16-7-5-4-6-8-16)12-19-18-14(2)10-17(20)11-15(18)3/h4-12,20H,1-3H3/b13-9+,19-12?. The minimum atomic E-state index is 0.287. The van der Waals surface area contributed by atoms with Crippen molar-refractivity contribution in [3.05, 3.63) is 64.7 Å². The van der Waals surface area contributed by atoms with Crippen LogP contribution in [0.2, 0.25) is 0 Å². The summed E-state index contributed by atoms with van der Waals surface area (Å²) in [6.45, 7) is 5.94. The van der Waals surface area contributed by atoms with E-state index in [2.05, 4.69) is 23.2 Å². The van der Waals surface area contributed by atoms with Gasteiger partial charge in [0.1, 0.15) is 5.75 Å². The predicted octanol–water partition coefficient (Wildman–Crippen LogP) is 4.81. The van der Waals surface area contributed by atoms with Crippen LogP contribution in [-0.2, 0) is 0 Å². The minimum absolute atomic E-state index is 0.287. The highest BCUT2D eigenvalue weighted by atomic mass is 16.3. The molecule has 1 N–H and O–H groups in total. The molecule has 0 unspecified atom stereocenters. The average molecular weight is 265 g/mol. The molecular formula is C18H19NO. The van der Waals surface area contributed by atoms with Crippen molar-refractivity contribution in [2.24, 2.45) is 4.99 Å². The molecule has 0 aliphatic carbocycles. The van der Waals surface area contributed by atoms with Crippen molar-refractivity contribution in [2.45, 2.75) is 20.8 Å².